The van der Waals surface area contributed by atoms with Crippen molar-refractivity contribution in [2.75, 3.05) is 0 Å². The Labute approximate surface area is 117 Å². The molecule has 19 heavy (non-hydrogen) atoms. The first-order chi connectivity index (χ1) is 9.15. The maximum absolute atomic E-state index is 6.66. The van der Waals surface area contributed by atoms with E-state index in [-0.39, 0.29) is 5.54 Å². The van der Waals surface area contributed by atoms with Gasteiger partial charge in [0.15, 0.2) is 0 Å². The lowest BCUT2D eigenvalue weighted by Crippen LogP contribution is -2.41. The largest absolute Gasteiger partial charge is 0.325 e. The Morgan fingerprint density at radius 1 is 1.37 bits per heavy atom. The number of aryl methyl sites for hydroxylation is 1. The van der Waals surface area contributed by atoms with Gasteiger partial charge in [-0.2, -0.15) is 5.10 Å². The molecule has 1 heterocycles. The fourth-order valence-electron chi connectivity index (χ4n) is 3.45. The first kappa shape index (κ1) is 14.6. The first-order valence-corrected chi connectivity index (χ1v) is 7.95. The van der Waals surface area contributed by atoms with Gasteiger partial charge in [0.25, 0.3) is 0 Å². The van der Waals surface area contributed by atoms with Crippen molar-refractivity contribution in [3.05, 3.63) is 18.0 Å². The van der Waals surface area contributed by atoms with Crippen molar-refractivity contribution in [2.24, 2.45) is 11.7 Å². The highest BCUT2D eigenvalue weighted by Gasteiger charge is 2.29. The molecule has 0 saturated heterocycles. The number of aromatic nitrogens is 2. The van der Waals surface area contributed by atoms with Crippen LogP contribution in [0.3, 0.4) is 0 Å². The van der Waals surface area contributed by atoms with Gasteiger partial charge in [0.2, 0.25) is 0 Å². The SMILES string of the molecule is CCCC1CCCC(N)(Cc2cnn(CC)c2)CC1. The fraction of sp³-hybridized carbons (Fsp3) is 0.812. The molecule has 0 aromatic carbocycles. The van der Waals surface area contributed by atoms with Crippen molar-refractivity contribution in [1.82, 2.24) is 9.78 Å². The zero-order valence-electron chi connectivity index (χ0n) is 12.6. The highest BCUT2D eigenvalue weighted by Crippen LogP contribution is 2.33. The molecule has 2 N–H and O–H groups in total. The maximum atomic E-state index is 6.66. The number of nitrogens with zero attached hydrogens (tertiary/aromatic N) is 2. The monoisotopic (exact) mass is 263 g/mol. The standard InChI is InChI=1S/C16H29N3/c1-3-6-14-7-5-9-16(17,10-8-14)11-15-12-18-19(4-2)13-15/h12-14H,3-11,17H2,1-2H3. The third-order valence-corrected chi connectivity index (χ3v) is 4.60. The summed E-state index contributed by atoms with van der Waals surface area (Å²) in [7, 11) is 0. The van der Waals surface area contributed by atoms with Crippen LogP contribution >= 0.6 is 0 Å². The Bertz CT molecular complexity index is 385. The number of hydrogen-bond acceptors (Lipinski definition) is 2. The number of rotatable bonds is 5. The predicted molar refractivity (Wildman–Crippen MR) is 80.0 cm³/mol. The quantitative estimate of drug-likeness (QED) is 0.826. The van der Waals surface area contributed by atoms with Gasteiger partial charge >= 0.3 is 0 Å². The molecule has 108 valence electrons. The van der Waals surface area contributed by atoms with Gasteiger partial charge in [-0.1, -0.05) is 32.6 Å². The summed E-state index contributed by atoms with van der Waals surface area (Å²) in [5.41, 5.74) is 7.97. The van der Waals surface area contributed by atoms with Crippen molar-refractivity contribution in [3.63, 3.8) is 0 Å². The average Bonchev–Trinajstić information content (AvgIpc) is 2.75. The zero-order valence-corrected chi connectivity index (χ0v) is 12.6. The van der Waals surface area contributed by atoms with Crippen molar-refractivity contribution < 1.29 is 0 Å². The van der Waals surface area contributed by atoms with Crippen molar-refractivity contribution in [1.29, 1.82) is 0 Å². The van der Waals surface area contributed by atoms with E-state index in [4.69, 9.17) is 5.73 Å². The van der Waals surface area contributed by atoms with Crippen molar-refractivity contribution in [3.8, 4) is 0 Å². The summed E-state index contributed by atoms with van der Waals surface area (Å²) in [5.74, 6) is 0.911. The fourth-order valence-corrected chi connectivity index (χ4v) is 3.45. The minimum Gasteiger partial charge on any atom is -0.325 e. The summed E-state index contributed by atoms with van der Waals surface area (Å²) in [5, 5.41) is 4.36. The molecule has 1 aliphatic rings. The average molecular weight is 263 g/mol. The summed E-state index contributed by atoms with van der Waals surface area (Å²) in [6, 6.07) is 0. The molecule has 0 amide bonds. The lowest BCUT2D eigenvalue weighted by atomic mass is 9.85. The van der Waals surface area contributed by atoms with E-state index < -0.39 is 0 Å². The lowest BCUT2D eigenvalue weighted by Gasteiger charge is -2.27. The molecule has 0 aliphatic heterocycles. The van der Waals surface area contributed by atoms with E-state index >= 15 is 0 Å². The molecular formula is C16H29N3. The first-order valence-electron chi connectivity index (χ1n) is 7.95. The van der Waals surface area contributed by atoms with Gasteiger partial charge in [0.05, 0.1) is 6.20 Å². The van der Waals surface area contributed by atoms with Crippen LogP contribution in [0.1, 0.15) is 64.4 Å². The topological polar surface area (TPSA) is 43.8 Å². The van der Waals surface area contributed by atoms with Crippen molar-refractivity contribution in [2.45, 2.75) is 77.3 Å². The Hall–Kier alpha value is -0.830. The van der Waals surface area contributed by atoms with Crippen LogP contribution in [-0.2, 0) is 13.0 Å². The summed E-state index contributed by atoms with van der Waals surface area (Å²) in [6.07, 6.45) is 14.2. The summed E-state index contributed by atoms with van der Waals surface area (Å²) >= 11 is 0. The number of nitrogens with two attached hydrogens (primary N) is 1. The predicted octanol–water partition coefficient (Wildman–Crippen LogP) is 3.52. The van der Waals surface area contributed by atoms with Crippen LogP contribution < -0.4 is 5.73 Å². The van der Waals surface area contributed by atoms with Crippen LogP contribution in [0.15, 0.2) is 12.4 Å². The van der Waals surface area contributed by atoms with Gasteiger partial charge in [-0.15, -0.1) is 0 Å². The molecule has 3 nitrogen and oxygen atoms in total. The highest BCUT2D eigenvalue weighted by atomic mass is 15.3. The molecular weight excluding hydrogens is 234 g/mol. The van der Waals surface area contributed by atoms with E-state index in [0.29, 0.717) is 0 Å². The Balaban J connectivity index is 1.94. The Kier molecular flexibility index (Phi) is 5.03. The van der Waals surface area contributed by atoms with E-state index in [0.717, 1.165) is 18.9 Å². The molecule has 2 atom stereocenters. The van der Waals surface area contributed by atoms with E-state index in [1.165, 1.54) is 50.5 Å². The highest BCUT2D eigenvalue weighted by molar-refractivity contribution is 5.10. The Morgan fingerprint density at radius 2 is 2.21 bits per heavy atom. The summed E-state index contributed by atoms with van der Waals surface area (Å²) in [6.45, 7) is 5.35. The molecule has 1 saturated carbocycles. The molecule has 1 aromatic heterocycles. The second kappa shape index (κ2) is 6.56. The van der Waals surface area contributed by atoms with Crippen molar-refractivity contribution >= 4 is 0 Å². The minimum absolute atomic E-state index is 0.00406. The molecule has 1 fully saturated rings. The maximum Gasteiger partial charge on any atom is 0.0522 e. The third kappa shape index (κ3) is 4.07. The van der Waals surface area contributed by atoms with Gasteiger partial charge in [-0.05, 0) is 44.1 Å². The smallest absolute Gasteiger partial charge is 0.0522 e. The van der Waals surface area contributed by atoms with Crippen LogP contribution in [0.2, 0.25) is 0 Å². The molecule has 2 rings (SSSR count). The van der Waals surface area contributed by atoms with Crippen LogP contribution in [0.5, 0.6) is 0 Å². The minimum atomic E-state index is 0.00406. The molecule has 1 aromatic rings. The van der Waals surface area contributed by atoms with Gasteiger partial charge in [0, 0.05) is 18.3 Å². The van der Waals surface area contributed by atoms with Gasteiger partial charge in [-0.3, -0.25) is 4.68 Å². The van der Waals surface area contributed by atoms with Crippen LogP contribution in [-0.4, -0.2) is 15.3 Å². The van der Waals surface area contributed by atoms with Crippen LogP contribution in [0.4, 0.5) is 0 Å². The normalized spacial score (nSPS) is 28.3. The van der Waals surface area contributed by atoms with Gasteiger partial charge in [-0.25, -0.2) is 0 Å². The second-order valence-corrected chi connectivity index (χ2v) is 6.33. The Morgan fingerprint density at radius 3 is 2.89 bits per heavy atom. The second-order valence-electron chi connectivity index (χ2n) is 6.33. The molecule has 0 spiro atoms. The van der Waals surface area contributed by atoms with E-state index in [2.05, 4.69) is 25.1 Å². The van der Waals surface area contributed by atoms with Crippen LogP contribution in [0, 0.1) is 5.92 Å². The summed E-state index contributed by atoms with van der Waals surface area (Å²) in [4.78, 5) is 0. The van der Waals surface area contributed by atoms with Gasteiger partial charge in [0.1, 0.15) is 0 Å². The molecule has 3 heteroatoms. The third-order valence-electron chi connectivity index (χ3n) is 4.60. The van der Waals surface area contributed by atoms with E-state index in [9.17, 15) is 0 Å². The summed E-state index contributed by atoms with van der Waals surface area (Å²) < 4.78 is 2.00. The van der Waals surface area contributed by atoms with Gasteiger partial charge < -0.3 is 5.73 Å². The van der Waals surface area contributed by atoms with Crippen LogP contribution in [0.25, 0.3) is 0 Å². The zero-order chi connectivity index (χ0) is 13.7. The molecule has 0 bridgehead atoms. The van der Waals surface area contributed by atoms with E-state index in [1.54, 1.807) is 0 Å². The molecule has 0 radical (unpaired) electrons. The number of hydrogen-bond donors (Lipinski definition) is 1. The lowest BCUT2D eigenvalue weighted by molar-refractivity contribution is 0.355. The molecule has 1 aliphatic carbocycles. The van der Waals surface area contributed by atoms with E-state index in [1.807, 2.05) is 10.9 Å². The molecule has 2 unspecified atom stereocenters.